The molecule has 2 fully saturated rings. The Labute approximate surface area is 254 Å². The van der Waals surface area contributed by atoms with Gasteiger partial charge < -0.3 is 24.0 Å². The summed E-state index contributed by atoms with van der Waals surface area (Å²) in [4.78, 5) is 24.9. The van der Waals surface area contributed by atoms with Gasteiger partial charge in [-0.05, 0) is 69.3 Å². The van der Waals surface area contributed by atoms with Crippen LogP contribution in [0, 0.1) is 6.92 Å². The number of carbonyl (C=O) groups is 1. The van der Waals surface area contributed by atoms with Gasteiger partial charge >= 0.3 is 0 Å². The second-order valence-corrected chi connectivity index (χ2v) is 12.4. The number of aryl methyl sites for hydroxylation is 2. The molecule has 4 heterocycles. The second kappa shape index (κ2) is 12.5. The van der Waals surface area contributed by atoms with Crippen LogP contribution in [0.5, 0.6) is 5.75 Å². The van der Waals surface area contributed by atoms with Gasteiger partial charge in [0.25, 0.3) is 5.91 Å². The predicted octanol–water partition coefficient (Wildman–Crippen LogP) is 6.29. The molecule has 43 heavy (non-hydrogen) atoms. The van der Waals surface area contributed by atoms with Crippen molar-refractivity contribution in [2.45, 2.75) is 51.6 Å². The van der Waals surface area contributed by atoms with Crippen LogP contribution >= 0.6 is 0 Å². The number of ether oxygens (including phenoxy) is 1. The molecule has 4 aromatic rings. The molecule has 0 aliphatic carbocycles. The molecule has 0 saturated carbocycles. The molecular weight excluding hydrogens is 534 g/mol. The molecule has 2 saturated heterocycles. The summed E-state index contributed by atoms with van der Waals surface area (Å²) >= 11 is 0. The maximum absolute atomic E-state index is 13.0. The highest BCUT2D eigenvalue weighted by molar-refractivity contribution is 6.08. The van der Waals surface area contributed by atoms with Crippen LogP contribution < -0.4 is 4.74 Å². The van der Waals surface area contributed by atoms with Crippen molar-refractivity contribution in [1.29, 1.82) is 0 Å². The van der Waals surface area contributed by atoms with E-state index in [1.54, 1.807) is 0 Å². The molecular formula is C36H43N5O2. The summed E-state index contributed by atoms with van der Waals surface area (Å²) in [6.45, 7) is 11.4. The molecule has 0 unspecified atom stereocenters. The van der Waals surface area contributed by atoms with Crippen molar-refractivity contribution in [2.24, 2.45) is 4.99 Å². The average Bonchev–Trinajstić information content (AvgIpc) is 3.61. The second-order valence-electron chi connectivity index (χ2n) is 12.4. The van der Waals surface area contributed by atoms with Crippen LogP contribution in [0.2, 0.25) is 0 Å². The monoisotopic (exact) mass is 577 g/mol. The Hall–Kier alpha value is -3.68. The Morgan fingerprint density at radius 2 is 1.47 bits per heavy atom. The van der Waals surface area contributed by atoms with E-state index in [1.165, 1.54) is 41.2 Å². The van der Waals surface area contributed by atoms with Crippen LogP contribution in [0.15, 0.2) is 65.7 Å². The lowest BCUT2D eigenvalue weighted by Gasteiger charge is -2.34. The molecule has 3 aliphatic heterocycles. The fourth-order valence-corrected chi connectivity index (χ4v) is 7.19. The summed E-state index contributed by atoms with van der Waals surface area (Å²) in [7, 11) is 0. The Bertz CT molecular complexity index is 1580. The third-order valence-electron chi connectivity index (χ3n) is 9.60. The van der Waals surface area contributed by atoms with Crippen molar-refractivity contribution >= 4 is 39.6 Å². The fraction of sp³-hybridized carbons (Fsp3) is 0.444. The number of para-hydroxylation sites is 2. The zero-order valence-electron chi connectivity index (χ0n) is 25.4. The highest BCUT2D eigenvalue weighted by atomic mass is 16.5. The molecule has 224 valence electrons. The molecule has 7 rings (SSSR count). The zero-order chi connectivity index (χ0) is 29.2. The van der Waals surface area contributed by atoms with Gasteiger partial charge in [0, 0.05) is 79.9 Å². The molecule has 1 amide bonds. The van der Waals surface area contributed by atoms with E-state index in [4.69, 9.17) is 4.74 Å². The van der Waals surface area contributed by atoms with Gasteiger partial charge in [0.15, 0.2) is 0 Å². The molecule has 7 nitrogen and oxygen atoms in total. The molecule has 1 aromatic heterocycles. The van der Waals surface area contributed by atoms with Crippen molar-refractivity contribution < 1.29 is 9.53 Å². The number of benzene rings is 3. The first-order valence-corrected chi connectivity index (χ1v) is 16.2. The summed E-state index contributed by atoms with van der Waals surface area (Å²) in [5, 5.41) is 2.72. The molecule has 1 atom stereocenters. The molecule has 0 radical (unpaired) electrons. The molecule has 0 bridgehead atoms. The Balaban J connectivity index is 0.834. The van der Waals surface area contributed by atoms with E-state index < -0.39 is 0 Å². The van der Waals surface area contributed by atoms with Crippen LogP contribution in [0.1, 0.15) is 48.0 Å². The molecule has 7 heteroatoms. The third kappa shape index (κ3) is 5.80. The first-order valence-electron chi connectivity index (χ1n) is 16.2. The largest absolute Gasteiger partial charge is 0.493 e. The molecule has 3 aromatic carbocycles. The van der Waals surface area contributed by atoms with Gasteiger partial charge in [-0.2, -0.15) is 0 Å². The number of hydrogen-bond donors (Lipinski definition) is 0. The van der Waals surface area contributed by atoms with Gasteiger partial charge in [-0.1, -0.05) is 36.4 Å². The van der Waals surface area contributed by atoms with E-state index >= 15 is 0 Å². The Kier molecular flexibility index (Phi) is 8.18. The van der Waals surface area contributed by atoms with Crippen LogP contribution in [0.25, 0.3) is 21.8 Å². The van der Waals surface area contributed by atoms with Crippen molar-refractivity contribution in [3.8, 4) is 5.75 Å². The summed E-state index contributed by atoms with van der Waals surface area (Å²) in [6.07, 6.45) is 7.42. The maximum atomic E-state index is 13.0. The smallest absolute Gasteiger partial charge is 0.256 e. The van der Waals surface area contributed by atoms with E-state index in [0.717, 1.165) is 82.1 Å². The summed E-state index contributed by atoms with van der Waals surface area (Å²) in [5.41, 5.74) is 5.15. The highest BCUT2D eigenvalue weighted by Gasteiger charge is 2.32. The average molecular weight is 578 g/mol. The van der Waals surface area contributed by atoms with E-state index in [-0.39, 0.29) is 11.9 Å². The van der Waals surface area contributed by atoms with Crippen LogP contribution in [0.4, 0.5) is 5.69 Å². The molecule has 3 aliphatic rings. The predicted molar refractivity (Wildman–Crippen MR) is 175 cm³/mol. The van der Waals surface area contributed by atoms with E-state index in [1.807, 2.05) is 30.2 Å². The lowest BCUT2D eigenvalue weighted by molar-refractivity contribution is 0.0774. The van der Waals surface area contributed by atoms with Crippen LogP contribution in [-0.4, -0.2) is 89.9 Å². The minimum absolute atomic E-state index is 0.104. The topological polar surface area (TPSA) is 53.3 Å². The van der Waals surface area contributed by atoms with Gasteiger partial charge in [-0.25, -0.2) is 0 Å². The summed E-state index contributed by atoms with van der Waals surface area (Å²) < 4.78 is 8.70. The van der Waals surface area contributed by atoms with E-state index in [2.05, 4.69) is 67.9 Å². The van der Waals surface area contributed by atoms with Crippen molar-refractivity contribution in [3.05, 3.63) is 71.8 Å². The standard InChI is InChI=1S/C36H43N5O2/c1-27-24-31-32(37-26-28-10-8-18-40(28)36(31)42)25-35(27)43-23-9-16-39-21-19-38(20-22-39)15-6-7-17-41-33-13-4-2-11-29(33)30-12-3-5-14-34(30)41/h2-5,11-14,24-26,28H,6-10,15-23H2,1H3/t28-/m0/s1. The van der Waals surface area contributed by atoms with E-state index in [9.17, 15) is 4.79 Å². The minimum atomic E-state index is 0.104. The number of aliphatic imine (C=N–C) groups is 1. The van der Waals surface area contributed by atoms with Crippen LogP contribution in [0.3, 0.4) is 0 Å². The first kappa shape index (κ1) is 28.1. The number of unbranched alkanes of at least 4 members (excludes halogenated alkanes) is 1. The number of carbonyl (C=O) groups excluding carboxylic acids is 1. The van der Waals surface area contributed by atoms with Gasteiger partial charge in [0.05, 0.1) is 23.9 Å². The Morgan fingerprint density at radius 1 is 0.814 bits per heavy atom. The van der Waals surface area contributed by atoms with Crippen molar-refractivity contribution in [2.75, 3.05) is 52.4 Å². The fourth-order valence-electron chi connectivity index (χ4n) is 7.19. The molecule has 0 spiro atoms. The third-order valence-corrected chi connectivity index (χ3v) is 9.60. The van der Waals surface area contributed by atoms with Crippen LogP contribution in [-0.2, 0) is 6.54 Å². The lowest BCUT2D eigenvalue weighted by Crippen LogP contribution is -2.46. The number of piperazine rings is 1. The number of hydrogen-bond acceptors (Lipinski definition) is 5. The highest BCUT2D eigenvalue weighted by Crippen LogP contribution is 2.34. The number of aromatic nitrogens is 1. The van der Waals surface area contributed by atoms with Gasteiger partial charge in [0.1, 0.15) is 5.75 Å². The minimum Gasteiger partial charge on any atom is -0.493 e. The summed E-state index contributed by atoms with van der Waals surface area (Å²) in [5.74, 6) is 0.948. The summed E-state index contributed by atoms with van der Waals surface area (Å²) in [6, 6.07) is 21.7. The number of amides is 1. The molecule has 0 N–H and O–H groups in total. The maximum Gasteiger partial charge on any atom is 0.256 e. The van der Waals surface area contributed by atoms with Gasteiger partial charge in [0.2, 0.25) is 0 Å². The van der Waals surface area contributed by atoms with Gasteiger partial charge in [-0.3, -0.25) is 9.79 Å². The van der Waals surface area contributed by atoms with E-state index in [0.29, 0.717) is 12.2 Å². The number of nitrogens with zero attached hydrogens (tertiary/aromatic N) is 5. The Morgan fingerprint density at radius 3 is 2.19 bits per heavy atom. The quantitative estimate of drug-likeness (QED) is 0.208. The SMILES string of the molecule is Cc1cc2c(cc1OCCCN1CCN(CCCCn3c4ccccc4c4ccccc43)CC1)N=C[C@@H]1CCCN1C2=O. The lowest BCUT2D eigenvalue weighted by atomic mass is 10.1. The number of rotatable bonds is 10. The first-order chi connectivity index (χ1) is 21.2. The number of fused-ring (bicyclic) bond motifs is 5. The van der Waals surface area contributed by atoms with Gasteiger partial charge in [-0.15, -0.1) is 0 Å². The van der Waals surface area contributed by atoms with Crippen molar-refractivity contribution in [1.82, 2.24) is 19.3 Å². The zero-order valence-corrected chi connectivity index (χ0v) is 25.4. The normalized spacial score (nSPS) is 19.2. The van der Waals surface area contributed by atoms with Crippen molar-refractivity contribution in [3.63, 3.8) is 0 Å².